The number of amides is 1. The van der Waals surface area contributed by atoms with Crippen LogP contribution in [0.15, 0.2) is 48.8 Å². The van der Waals surface area contributed by atoms with E-state index >= 15 is 0 Å². The van der Waals surface area contributed by atoms with Crippen LogP contribution in [0.25, 0.3) is 0 Å². The molecule has 4 heteroatoms. The Bertz CT molecular complexity index is 490. The Hall–Kier alpha value is -2.07. The van der Waals surface area contributed by atoms with Crippen molar-refractivity contribution in [1.82, 2.24) is 4.57 Å². The molecule has 17 heavy (non-hydrogen) atoms. The van der Waals surface area contributed by atoms with Gasteiger partial charge in [0.1, 0.15) is 6.54 Å². The Morgan fingerprint density at radius 3 is 2.65 bits per heavy atom. The average molecular weight is 229 g/mol. The molecule has 1 heterocycles. The van der Waals surface area contributed by atoms with Crippen LogP contribution in [-0.4, -0.2) is 10.5 Å². The van der Waals surface area contributed by atoms with Crippen LogP contribution in [0.5, 0.6) is 0 Å². The van der Waals surface area contributed by atoms with Gasteiger partial charge >= 0.3 is 0 Å². The van der Waals surface area contributed by atoms with Gasteiger partial charge in [0.25, 0.3) is 0 Å². The predicted molar refractivity (Wildman–Crippen MR) is 67.4 cm³/mol. The largest absolute Gasteiger partial charge is 0.345 e. The molecular weight excluding hydrogens is 214 g/mol. The molecule has 0 fully saturated rings. The van der Waals surface area contributed by atoms with Gasteiger partial charge in [-0.15, -0.1) is 0 Å². The molecule has 0 bridgehead atoms. The Balaban J connectivity index is 1.93. The Kier molecular flexibility index (Phi) is 3.57. The second kappa shape index (κ2) is 5.32. The van der Waals surface area contributed by atoms with Crippen molar-refractivity contribution in [2.75, 3.05) is 5.32 Å². The van der Waals surface area contributed by atoms with E-state index in [9.17, 15) is 4.79 Å². The molecular formula is C13H15N3O. The minimum atomic E-state index is -0.0460. The number of anilines is 1. The van der Waals surface area contributed by atoms with Crippen molar-refractivity contribution in [1.29, 1.82) is 0 Å². The fraction of sp³-hybridized carbons (Fsp3) is 0.154. The van der Waals surface area contributed by atoms with Gasteiger partial charge in [0, 0.05) is 24.6 Å². The van der Waals surface area contributed by atoms with Crippen LogP contribution >= 0.6 is 0 Å². The molecule has 0 saturated heterocycles. The lowest BCUT2D eigenvalue weighted by molar-refractivity contribution is -0.116. The van der Waals surface area contributed by atoms with Gasteiger partial charge in [-0.3, -0.25) is 4.79 Å². The normalized spacial score (nSPS) is 10.2. The highest BCUT2D eigenvalue weighted by Crippen LogP contribution is 2.06. The SMILES string of the molecule is NCc1ccn(CC(=O)Nc2ccccc2)c1. The highest BCUT2D eigenvalue weighted by Gasteiger charge is 2.03. The van der Waals surface area contributed by atoms with Crippen molar-refractivity contribution >= 4 is 11.6 Å². The fourth-order valence-electron chi connectivity index (χ4n) is 1.60. The topological polar surface area (TPSA) is 60.0 Å². The molecule has 0 aliphatic carbocycles. The number of para-hydroxylation sites is 1. The number of hydrogen-bond acceptors (Lipinski definition) is 2. The zero-order valence-electron chi connectivity index (χ0n) is 9.47. The summed E-state index contributed by atoms with van der Waals surface area (Å²) in [7, 11) is 0. The molecule has 0 aliphatic heterocycles. The monoisotopic (exact) mass is 229 g/mol. The van der Waals surface area contributed by atoms with E-state index in [1.807, 2.05) is 53.4 Å². The lowest BCUT2D eigenvalue weighted by Crippen LogP contribution is -2.17. The van der Waals surface area contributed by atoms with Crippen molar-refractivity contribution in [2.24, 2.45) is 5.73 Å². The van der Waals surface area contributed by atoms with E-state index in [0.29, 0.717) is 13.1 Å². The molecule has 4 nitrogen and oxygen atoms in total. The van der Waals surface area contributed by atoms with Crippen LogP contribution in [-0.2, 0) is 17.9 Å². The first-order valence-corrected chi connectivity index (χ1v) is 5.47. The fourth-order valence-corrected chi connectivity index (χ4v) is 1.60. The third kappa shape index (κ3) is 3.19. The number of rotatable bonds is 4. The summed E-state index contributed by atoms with van der Waals surface area (Å²) in [6, 6.07) is 11.3. The van der Waals surface area contributed by atoms with Gasteiger partial charge in [-0.1, -0.05) is 18.2 Å². The summed E-state index contributed by atoms with van der Waals surface area (Å²) in [5, 5.41) is 2.83. The van der Waals surface area contributed by atoms with Crippen LogP contribution < -0.4 is 11.1 Å². The number of aromatic nitrogens is 1. The second-order valence-corrected chi connectivity index (χ2v) is 3.81. The van der Waals surface area contributed by atoms with Crippen LogP contribution in [0.4, 0.5) is 5.69 Å². The summed E-state index contributed by atoms with van der Waals surface area (Å²) in [4.78, 5) is 11.7. The van der Waals surface area contributed by atoms with Gasteiger partial charge in [-0.05, 0) is 23.8 Å². The molecule has 0 atom stereocenters. The van der Waals surface area contributed by atoms with Gasteiger partial charge in [-0.2, -0.15) is 0 Å². The van der Waals surface area contributed by atoms with Crippen LogP contribution in [0.2, 0.25) is 0 Å². The highest BCUT2D eigenvalue weighted by molar-refractivity contribution is 5.90. The molecule has 2 rings (SSSR count). The molecule has 1 amide bonds. The predicted octanol–water partition coefficient (Wildman–Crippen LogP) is 1.59. The lowest BCUT2D eigenvalue weighted by atomic mass is 10.3. The average Bonchev–Trinajstić information content (AvgIpc) is 2.78. The van der Waals surface area contributed by atoms with Crippen molar-refractivity contribution in [3.63, 3.8) is 0 Å². The van der Waals surface area contributed by atoms with Crippen LogP contribution in [0, 0.1) is 0 Å². The van der Waals surface area contributed by atoms with Gasteiger partial charge in [0.15, 0.2) is 0 Å². The molecule has 3 N–H and O–H groups in total. The number of nitrogens with zero attached hydrogens (tertiary/aromatic N) is 1. The molecule has 0 saturated carbocycles. The number of nitrogens with two attached hydrogens (primary N) is 1. The van der Waals surface area contributed by atoms with Gasteiger partial charge in [0.05, 0.1) is 0 Å². The van der Waals surface area contributed by atoms with Crippen molar-refractivity contribution < 1.29 is 4.79 Å². The molecule has 1 aromatic carbocycles. The first kappa shape index (κ1) is 11.4. The molecule has 0 unspecified atom stereocenters. The quantitative estimate of drug-likeness (QED) is 0.836. The van der Waals surface area contributed by atoms with Crippen molar-refractivity contribution in [2.45, 2.75) is 13.1 Å². The molecule has 1 aromatic heterocycles. The van der Waals surface area contributed by atoms with Crippen LogP contribution in [0.1, 0.15) is 5.56 Å². The third-order valence-electron chi connectivity index (χ3n) is 2.43. The summed E-state index contributed by atoms with van der Waals surface area (Å²) in [6.07, 6.45) is 3.73. The highest BCUT2D eigenvalue weighted by atomic mass is 16.1. The Morgan fingerprint density at radius 1 is 1.24 bits per heavy atom. The number of hydrogen-bond donors (Lipinski definition) is 2. The Labute approximate surface area is 100 Å². The lowest BCUT2D eigenvalue weighted by Gasteiger charge is -2.05. The number of nitrogens with one attached hydrogen (secondary N) is 1. The molecule has 0 spiro atoms. The number of benzene rings is 1. The zero-order valence-corrected chi connectivity index (χ0v) is 9.47. The standard InChI is InChI=1S/C13H15N3O/c14-8-11-6-7-16(9-11)10-13(17)15-12-4-2-1-3-5-12/h1-7,9H,8,10,14H2,(H,15,17). The number of carbonyl (C=O) groups is 1. The minimum absolute atomic E-state index is 0.0460. The zero-order chi connectivity index (χ0) is 12.1. The second-order valence-electron chi connectivity index (χ2n) is 3.81. The molecule has 0 radical (unpaired) electrons. The third-order valence-corrected chi connectivity index (χ3v) is 2.43. The van der Waals surface area contributed by atoms with Gasteiger partial charge in [0.2, 0.25) is 5.91 Å². The smallest absolute Gasteiger partial charge is 0.244 e. The van der Waals surface area contributed by atoms with E-state index in [2.05, 4.69) is 5.32 Å². The van der Waals surface area contributed by atoms with Gasteiger partial charge in [-0.25, -0.2) is 0 Å². The maximum absolute atomic E-state index is 11.7. The van der Waals surface area contributed by atoms with E-state index in [-0.39, 0.29) is 5.91 Å². The summed E-state index contributed by atoms with van der Waals surface area (Å²) < 4.78 is 1.82. The molecule has 2 aromatic rings. The van der Waals surface area contributed by atoms with Crippen molar-refractivity contribution in [3.8, 4) is 0 Å². The van der Waals surface area contributed by atoms with E-state index in [1.165, 1.54) is 0 Å². The summed E-state index contributed by atoms with van der Waals surface area (Å²) >= 11 is 0. The van der Waals surface area contributed by atoms with Gasteiger partial charge < -0.3 is 15.6 Å². The van der Waals surface area contributed by atoms with E-state index in [0.717, 1.165) is 11.3 Å². The number of carbonyl (C=O) groups excluding carboxylic acids is 1. The maximum atomic E-state index is 11.7. The molecule has 88 valence electrons. The van der Waals surface area contributed by atoms with E-state index < -0.39 is 0 Å². The maximum Gasteiger partial charge on any atom is 0.244 e. The van der Waals surface area contributed by atoms with Crippen LogP contribution in [0.3, 0.4) is 0 Å². The summed E-state index contributed by atoms with van der Waals surface area (Å²) in [6.45, 7) is 0.794. The minimum Gasteiger partial charge on any atom is -0.345 e. The summed E-state index contributed by atoms with van der Waals surface area (Å²) in [5.74, 6) is -0.0460. The molecule has 0 aliphatic rings. The van der Waals surface area contributed by atoms with E-state index in [1.54, 1.807) is 0 Å². The Morgan fingerprint density at radius 2 is 2.00 bits per heavy atom. The summed E-state index contributed by atoms with van der Waals surface area (Å²) in [5.41, 5.74) is 7.34. The van der Waals surface area contributed by atoms with Crippen molar-refractivity contribution in [3.05, 3.63) is 54.4 Å². The van der Waals surface area contributed by atoms with E-state index in [4.69, 9.17) is 5.73 Å². The first-order valence-electron chi connectivity index (χ1n) is 5.47. The first-order chi connectivity index (χ1) is 8.28.